The maximum Gasteiger partial charge on any atom is 2.00 e. The van der Waals surface area contributed by atoms with Crippen molar-refractivity contribution in [2.45, 2.75) is 570 Å². The van der Waals surface area contributed by atoms with Gasteiger partial charge in [0.2, 0.25) is 0 Å². The Morgan fingerprint density at radius 3 is 0.492 bits per heavy atom. The summed E-state index contributed by atoms with van der Waals surface area (Å²) in [6.07, 6.45) is 43.7. The van der Waals surface area contributed by atoms with Crippen molar-refractivity contribution in [2.75, 3.05) is 0 Å². The van der Waals surface area contributed by atoms with Crippen molar-refractivity contribution < 1.29 is 42.1 Å². The molecule has 0 unspecified atom stereocenters. The molecule has 4 aliphatic rings. The Kier molecular flexibility index (Phi) is 232. The normalized spacial score (nSPS) is 12.1. The minimum atomic E-state index is 0. The summed E-state index contributed by atoms with van der Waals surface area (Å²) in [7, 11) is 0. The average molecular weight is 2040 g/mol. The Morgan fingerprint density at radius 1 is 0.233 bits per heavy atom. The molecular formula is C118H254W2. The van der Waals surface area contributed by atoms with Gasteiger partial charge in [0, 0.05) is 0 Å². The molecule has 0 fully saturated rings. The van der Waals surface area contributed by atoms with Crippen molar-refractivity contribution in [2.24, 2.45) is 71.0 Å². The van der Waals surface area contributed by atoms with Gasteiger partial charge in [-0.2, -0.15) is 0 Å². The zero-order valence-electron chi connectivity index (χ0n) is 97.0. The number of allylic oxidation sites excluding steroid dienone is 18. The summed E-state index contributed by atoms with van der Waals surface area (Å²) in [5.41, 5.74) is 18.8. The Hall–Kier alpha value is -1.22. The quantitative estimate of drug-likeness (QED) is 0.120. The topological polar surface area (TPSA) is 0 Å². The zero-order chi connectivity index (χ0) is 99.1. The van der Waals surface area contributed by atoms with Crippen LogP contribution in [0.25, 0.3) is 0 Å². The van der Waals surface area contributed by atoms with E-state index in [0.29, 0.717) is 35.5 Å². The van der Waals surface area contributed by atoms with Gasteiger partial charge in [0.1, 0.15) is 0 Å². The van der Waals surface area contributed by atoms with Gasteiger partial charge >= 0.3 is 42.1 Å². The molecule has 0 spiro atoms. The molecule has 120 heavy (non-hydrogen) atoms. The van der Waals surface area contributed by atoms with Crippen molar-refractivity contribution in [3.05, 3.63) is 131 Å². The van der Waals surface area contributed by atoms with E-state index in [1.54, 1.807) is 44.6 Å². The van der Waals surface area contributed by atoms with E-state index in [1.807, 2.05) is 83.1 Å². The third kappa shape index (κ3) is 148. The summed E-state index contributed by atoms with van der Waals surface area (Å²) in [4.78, 5) is 0. The molecule has 0 aromatic rings. The van der Waals surface area contributed by atoms with Gasteiger partial charge in [-0.3, -0.25) is 0 Å². The van der Waals surface area contributed by atoms with E-state index in [0.717, 1.165) is 48.3 Å². The van der Waals surface area contributed by atoms with E-state index in [2.05, 4.69) is 396 Å². The van der Waals surface area contributed by atoms with Crippen molar-refractivity contribution in [3.8, 4) is 0 Å². The molecule has 0 N–H and O–H groups in total. The van der Waals surface area contributed by atoms with E-state index in [4.69, 9.17) is 0 Å². The van der Waals surface area contributed by atoms with Crippen LogP contribution in [0.2, 0.25) is 0 Å². The van der Waals surface area contributed by atoms with Gasteiger partial charge in [-0.1, -0.05) is 586 Å². The smallest absolute Gasteiger partial charge is 0.356 e. The minimum absolute atomic E-state index is 0. The molecule has 0 aliphatic heterocycles. The van der Waals surface area contributed by atoms with Gasteiger partial charge in [-0.05, 0) is 123 Å². The van der Waals surface area contributed by atoms with Crippen LogP contribution >= 0.6 is 0 Å². The van der Waals surface area contributed by atoms with Gasteiger partial charge in [0.15, 0.2) is 0 Å². The largest absolute Gasteiger partial charge is 2.00 e. The first-order valence-electron chi connectivity index (χ1n) is 52.0. The predicted octanol–water partition coefficient (Wildman–Crippen LogP) is 46.5. The van der Waals surface area contributed by atoms with Gasteiger partial charge in [-0.25, -0.2) is 49.0 Å². The van der Waals surface area contributed by atoms with E-state index in [1.165, 1.54) is 164 Å². The second-order valence-electron chi connectivity index (χ2n) is 33.0. The van der Waals surface area contributed by atoms with Crippen LogP contribution in [0.1, 0.15) is 570 Å². The first kappa shape index (κ1) is 176. The molecule has 4 rings (SSSR count). The summed E-state index contributed by atoms with van der Waals surface area (Å²) < 4.78 is 0. The zero-order valence-corrected chi connectivity index (χ0v) is 103. The van der Waals surface area contributed by atoms with Crippen LogP contribution in [0.5, 0.6) is 0 Å². The molecule has 0 bridgehead atoms. The minimum Gasteiger partial charge on any atom is -0.356 e. The number of hydrogen-bond donors (Lipinski definition) is 0. The molecule has 738 valence electrons. The summed E-state index contributed by atoms with van der Waals surface area (Å²) in [5, 5.41) is 0. The Balaban J connectivity index is -0.0000000433. The standard InChI is InChI=1S/C12H22.3C12H20.2C11H20.12C3H8.6C2H6.2W/c4*1-9(2)11-7-5-6-8-12(11)10(3)4;2*1-7-11(9(4)5)10(6)8(2)3;12*1-3-2;6*1-2;;/h9-10H,5-8H2,1-4H3;2*5,7,9-10H,6,8H2,1-4H3;5-6,9-10H,7-8H2,1-4H3;2*8-9H,1,6-7H2,2-5H3;12*3H2,1-2H3;6*1-2H3;;/q;;;;2*-2;;;;;;;;;;;;;;;;;;;2*+2. The van der Waals surface area contributed by atoms with Crippen LogP contribution < -0.4 is 0 Å². The van der Waals surface area contributed by atoms with Gasteiger partial charge in [0.25, 0.3) is 0 Å². The Bertz CT molecular complexity index is 1750. The second kappa shape index (κ2) is 158. The van der Waals surface area contributed by atoms with E-state index >= 15 is 0 Å². The molecule has 0 heterocycles. The molecule has 0 atom stereocenters. The summed E-state index contributed by atoms with van der Waals surface area (Å²) in [6.45, 7) is 145. The molecule has 0 amide bonds. The van der Waals surface area contributed by atoms with Crippen LogP contribution in [-0.2, 0) is 42.1 Å². The van der Waals surface area contributed by atoms with Crippen LogP contribution in [0.3, 0.4) is 0 Å². The predicted molar refractivity (Wildman–Crippen MR) is 584 cm³/mol. The first-order chi connectivity index (χ1) is 55.5. The maximum absolute atomic E-state index is 4.07. The molecule has 0 saturated carbocycles. The first-order valence-corrected chi connectivity index (χ1v) is 52.0. The fraction of sp³-hybridized carbons (Fsp3) is 0.814. The van der Waals surface area contributed by atoms with Crippen molar-refractivity contribution in [1.82, 2.24) is 0 Å². The summed E-state index contributed by atoms with van der Waals surface area (Å²) in [6, 6.07) is 0. The van der Waals surface area contributed by atoms with Gasteiger partial charge < -0.3 is 13.8 Å². The van der Waals surface area contributed by atoms with E-state index < -0.39 is 0 Å². The molecule has 0 aromatic heterocycles. The molecule has 4 aliphatic carbocycles. The van der Waals surface area contributed by atoms with Gasteiger partial charge in [0.05, 0.1) is 0 Å². The fourth-order valence-corrected chi connectivity index (χ4v) is 10.3. The summed E-state index contributed by atoms with van der Waals surface area (Å²) >= 11 is 0. The molecule has 0 aromatic carbocycles. The van der Waals surface area contributed by atoms with Crippen LogP contribution in [0.4, 0.5) is 0 Å². The van der Waals surface area contributed by atoms with Crippen LogP contribution in [0, 0.1) is 98.7 Å². The van der Waals surface area contributed by atoms with Crippen LogP contribution in [-0.4, -0.2) is 0 Å². The molecule has 0 saturated heterocycles. The number of rotatable bonds is 14. The monoisotopic (exact) mass is 2040 g/mol. The Labute approximate surface area is 807 Å². The SMILES string of the molecule is CC.CC.CC.CC.CC.CC.CC(C)C1=C(C(C)C)CC=CC1.CC(C)C1=C(C(C)C)CCC=C1.CC(C)C1=C(C(C)C)CCC=C1.CC(C)C1=C(C(C)C)CCCC1.CCC.CCC.CCC.CCC.CCC.CCC.CCC.CCC.CCC.CCC.CCC.CCC.[CH2-]CC(=C([CH2-])C(C)C)C(C)C.[CH2-]CC(=C([CH2-])C(C)C)C(C)C.[W+2].[W+2]. The second-order valence-corrected chi connectivity index (χ2v) is 33.0. The van der Waals surface area contributed by atoms with E-state index in [9.17, 15) is 0 Å². The molecule has 0 nitrogen and oxygen atoms in total. The molecular weight excluding hydrogens is 1780 g/mol. The third-order valence-corrected chi connectivity index (χ3v) is 14.9. The van der Waals surface area contributed by atoms with E-state index in [-0.39, 0.29) is 42.1 Å². The molecule has 0 radical (unpaired) electrons. The molecule has 2 heteroatoms. The maximum atomic E-state index is 4.07. The average Bonchev–Trinajstić information content (AvgIpc) is 0.875. The van der Waals surface area contributed by atoms with Crippen molar-refractivity contribution >= 4 is 0 Å². The summed E-state index contributed by atoms with van der Waals surface area (Å²) in [5.74, 6) is 8.19. The van der Waals surface area contributed by atoms with Crippen molar-refractivity contribution in [1.29, 1.82) is 0 Å². The van der Waals surface area contributed by atoms with Crippen molar-refractivity contribution in [3.63, 3.8) is 0 Å². The Morgan fingerprint density at radius 2 is 0.392 bits per heavy atom. The van der Waals surface area contributed by atoms with Crippen LogP contribution in [0.15, 0.2) is 103 Å². The third-order valence-electron chi connectivity index (χ3n) is 14.9. The van der Waals surface area contributed by atoms with Gasteiger partial charge in [-0.15, -0.1) is 0 Å². The number of hydrogen-bond acceptors (Lipinski definition) is 0. The fourth-order valence-electron chi connectivity index (χ4n) is 10.3.